The van der Waals surface area contributed by atoms with Gasteiger partial charge in [0.05, 0.1) is 4.91 Å². The molecular formula is C15H16N2O3S2. The summed E-state index contributed by atoms with van der Waals surface area (Å²) in [7, 11) is 0. The molecule has 2 N–H and O–H groups in total. The predicted octanol–water partition coefficient (Wildman–Crippen LogP) is 2.81. The highest BCUT2D eigenvalue weighted by Gasteiger charge is 2.33. The molecule has 0 atom stereocenters. The van der Waals surface area contributed by atoms with E-state index in [9.17, 15) is 14.7 Å². The lowest BCUT2D eigenvalue weighted by Crippen LogP contribution is -2.44. The minimum atomic E-state index is -0.358. The molecule has 1 heterocycles. The number of phenolic OH excluding ortho intramolecular Hbond substituents is 1. The average Bonchev–Trinajstić information content (AvgIpc) is 2.73. The summed E-state index contributed by atoms with van der Waals surface area (Å²) < 4.78 is 0.293. The van der Waals surface area contributed by atoms with Crippen LogP contribution < -0.4 is 5.43 Å². The smallest absolute Gasteiger partial charge is 0.285 e. The lowest BCUT2D eigenvalue weighted by atomic mass is 10.2. The van der Waals surface area contributed by atoms with E-state index < -0.39 is 0 Å². The molecule has 7 heteroatoms. The normalized spacial score (nSPS) is 16.4. The van der Waals surface area contributed by atoms with Crippen molar-refractivity contribution in [1.29, 1.82) is 0 Å². The Morgan fingerprint density at radius 3 is 2.95 bits per heavy atom. The van der Waals surface area contributed by atoms with Crippen LogP contribution in [0.4, 0.5) is 0 Å². The first-order valence-corrected chi connectivity index (χ1v) is 8.10. The maximum atomic E-state index is 12.3. The molecule has 0 spiro atoms. The number of phenols is 1. The number of unbranched alkanes of at least 4 members (excludes halogenated alkanes) is 1. The van der Waals surface area contributed by atoms with Crippen molar-refractivity contribution in [2.45, 2.75) is 26.2 Å². The van der Waals surface area contributed by atoms with Crippen molar-refractivity contribution in [1.82, 2.24) is 10.4 Å². The Morgan fingerprint density at radius 1 is 1.50 bits per heavy atom. The van der Waals surface area contributed by atoms with Gasteiger partial charge in [-0.3, -0.25) is 15.0 Å². The number of amides is 2. The first-order chi connectivity index (χ1) is 10.5. The van der Waals surface area contributed by atoms with Gasteiger partial charge in [-0.1, -0.05) is 37.2 Å². The Bertz CT molecular complexity index is 643. The first kappa shape index (κ1) is 16.5. The van der Waals surface area contributed by atoms with E-state index in [1.165, 1.54) is 0 Å². The SMILES string of the molecule is CCCCC(=O)NN1C(=O)/C(=C\c2cccc(O)c2)SC1=S. The van der Waals surface area contributed by atoms with Crippen LogP contribution >= 0.6 is 24.0 Å². The summed E-state index contributed by atoms with van der Waals surface area (Å²) in [4.78, 5) is 24.4. The Kier molecular flexibility index (Phi) is 5.57. The molecule has 1 aromatic carbocycles. The molecule has 22 heavy (non-hydrogen) atoms. The van der Waals surface area contributed by atoms with Crippen LogP contribution in [0, 0.1) is 0 Å². The molecule has 2 rings (SSSR count). The van der Waals surface area contributed by atoms with Crippen LogP contribution in [0.3, 0.4) is 0 Å². The maximum Gasteiger partial charge on any atom is 0.285 e. The number of hydrogen-bond acceptors (Lipinski definition) is 5. The van der Waals surface area contributed by atoms with Gasteiger partial charge in [0.25, 0.3) is 5.91 Å². The molecule has 1 aliphatic heterocycles. The van der Waals surface area contributed by atoms with Crippen LogP contribution in [0.25, 0.3) is 6.08 Å². The molecule has 5 nitrogen and oxygen atoms in total. The number of rotatable bonds is 5. The number of benzene rings is 1. The van der Waals surface area contributed by atoms with E-state index in [-0.39, 0.29) is 17.6 Å². The topological polar surface area (TPSA) is 69.6 Å². The van der Waals surface area contributed by atoms with Crippen molar-refractivity contribution >= 4 is 46.2 Å². The second-order valence-corrected chi connectivity index (χ2v) is 6.43. The largest absolute Gasteiger partial charge is 0.508 e. The molecule has 116 valence electrons. The Hall–Kier alpha value is -1.86. The van der Waals surface area contributed by atoms with Gasteiger partial charge in [0.2, 0.25) is 5.91 Å². The fourth-order valence-electron chi connectivity index (χ4n) is 1.85. The van der Waals surface area contributed by atoms with Crippen molar-refractivity contribution in [2.24, 2.45) is 0 Å². The van der Waals surface area contributed by atoms with Crippen molar-refractivity contribution in [3.8, 4) is 5.75 Å². The van der Waals surface area contributed by atoms with Gasteiger partial charge in [0.1, 0.15) is 5.75 Å². The number of thioether (sulfide) groups is 1. The van der Waals surface area contributed by atoms with Crippen LogP contribution in [0.1, 0.15) is 31.7 Å². The summed E-state index contributed by atoms with van der Waals surface area (Å²) in [5, 5.41) is 10.5. The molecule has 0 bridgehead atoms. The number of nitrogens with zero attached hydrogens (tertiary/aromatic N) is 1. The molecule has 1 fully saturated rings. The number of hydrazine groups is 1. The highest BCUT2D eigenvalue weighted by Crippen LogP contribution is 2.31. The summed E-state index contributed by atoms with van der Waals surface area (Å²) in [6, 6.07) is 6.56. The third-order valence-corrected chi connectivity index (χ3v) is 4.26. The van der Waals surface area contributed by atoms with Gasteiger partial charge in [0.15, 0.2) is 4.32 Å². The van der Waals surface area contributed by atoms with Gasteiger partial charge in [-0.05, 0) is 42.4 Å². The van der Waals surface area contributed by atoms with E-state index in [1.54, 1.807) is 30.3 Å². The zero-order valence-corrected chi connectivity index (χ0v) is 13.7. The van der Waals surface area contributed by atoms with E-state index in [1.807, 2.05) is 6.92 Å². The van der Waals surface area contributed by atoms with Gasteiger partial charge in [-0.15, -0.1) is 0 Å². The van der Waals surface area contributed by atoms with Crippen LogP contribution in [0.5, 0.6) is 5.75 Å². The fourth-order valence-corrected chi connectivity index (χ4v) is 3.03. The summed E-state index contributed by atoms with van der Waals surface area (Å²) in [6.45, 7) is 1.99. The molecule has 1 saturated heterocycles. The number of aromatic hydroxyl groups is 1. The van der Waals surface area contributed by atoms with E-state index in [0.717, 1.165) is 29.6 Å². The van der Waals surface area contributed by atoms with Crippen LogP contribution in [-0.2, 0) is 9.59 Å². The van der Waals surface area contributed by atoms with E-state index >= 15 is 0 Å². The average molecular weight is 336 g/mol. The van der Waals surface area contributed by atoms with Crippen LogP contribution in [0.15, 0.2) is 29.2 Å². The molecular weight excluding hydrogens is 320 g/mol. The summed E-state index contributed by atoms with van der Waals surface area (Å²) in [6.07, 6.45) is 3.67. The molecule has 0 unspecified atom stereocenters. The number of carbonyl (C=O) groups is 2. The van der Waals surface area contributed by atoms with Crippen LogP contribution in [-0.4, -0.2) is 26.3 Å². The molecule has 2 amide bonds. The molecule has 0 aromatic heterocycles. The van der Waals surface area contributed by atoms with Gasteiger partial charge >= 0.3 is 0 Å². The second kappa shape index (κ2) is 7.42. The van der Waals surface area contributed by atoms with Crippen molar-refractivity contribution in [2.75, 3.05) is 0 Å². The number of thiocarbonyl (C=S) groups is 1. The quantitative estimate of drug-likeness (QED) is 0.639. The first-order valence-electron chi connectivity index (χ1n) is 6.87. The summed E-state index contributed by atoms with van der Waals surface area (Å²) in [5.41, 5.74) is 3.23. The molecule has 1 aliphatic rings. The third kappa shape index (κ3) is 4.08. The Morgan fingerprint density at radius 2 is 2.27 bits per heavy atom. The standard InChI is InChI=1S/C15H16N2O3S2/c1-2-3-7-13(19)16-17-14(20)12(22-15(17)21)9-10-5-4-6-11(18)8-10/h4-6,8-9,18H,2-3,7H2,1H3,(H,16,19)/b12-9+. The Labute approximate surface area is 138 Å². The number of nitrogens with one attached hydrogen (secondary N) is 1. The molecule has 0 saturated carbocycles. The maximum absolute atomic E-state index is 12.3. The lowest BCUT2D eigenvalue weighted by Gasteiger charge is -2.15. The van der Waals surface area contributed by atoms with E-state index in [2.05, 4.69) is 5.43 Å². The van der Waals surface area contributed by atoms with Crippen LogP contribution in [0.2, 0.25) is 0 Å². The minimum Gasteiger partial charge on any atom is -0.508 e. The minimum absolute atomic E-state index is 0.122. The van der Waals surface area contributed by atoms with Gasteiger partial charge in [-0.2, -0.15) is 5.01 Å². The van der Waals surface area contributed by atoms with Gasteiger partial charge < -0.3 is 5.11 Å². The number of carbonyl (C=O) groups excluding carboxylic acids is 2. The fraction of sp³-hybridized carbons (Fsp3) is 0.267. The Balaban J connectivity index is 2.10. The summed E-state index contributed by atoms with van der Waals surface area (Å²) in [5.74, 6) is -0.461. The van der Waals surface area contributed by atoms with Crippen molar-refractivity contribution in [3.05, 3.63) is 34.7 Å². The zero-order chi connectivity index (χ0) is 16.1. The highest BCUT2D eigenvalue weighted by atomic mass is 32.2. The number of hydrogen-bond donors (Lipinski definition) is 2. The molecule has 0 radical (unpaired) electrons. The van der Waals surface area contributed by atoms with Gasteiger partial charge in [0, 0.05) is 6.42 Å². The second-order valence-electron chi connectivity index (χ2n) is 4.75. The van der Waals surface area contributed by atoms with Crippen molar-refractivity contribution in [3.63, 3.8) is 0 Å². The highest BCUT2D eigenvalue weighted by molar-refractivity contribution is 8.26. The summed E-state index contributed by atoms with van der Waals surface area (Å²) >= 11 is 6.25. The third-order valence-electron chi connectivity index (χ3n) is 2.96. The lowest BCUT2D eigenvalue weighted by molar-refractivity contribution is -0.133. The molecule has 0 aliphatic carbocycles. The van der Waals surface area contributed by atoms with E-state index in [0.29, 0.717) is 21.2 Å². The predicted molar refractivity (Wildman–Crippen MR) is 90.8 cm³/mol. The molecule has 1 aromatic rings. The monoisotopic (exact) mass is 336 g/mol. The zero-order valence-electron chi connectivity index (χ0n) is 12.0. The van der Waals surface area contributed by atoms with Crippen molar-refractivity contribution < 1.29 is 14.7 Å². The van der Waals surface area contributed by atoms with Gasteiger partial charge in [-0.25, -0.2) is 0 Å². The van der Waals surface area contributed by atoms with E-state index in [4.69, 9.17) is 12.2 Å².